The smallest absolute Gasteiger partial charge is 0.393 e. The standard InChI is InChI=1S/C21H27F3N2O3/c22-21(23,24)18-7-2-1-5-14(18)11-19(28)26-16-6-3-4-13(8-16)12-25-20(29)15-9-17(27)10-15/h1-2,5,7,13,15-17,27H,3-4,6,8-12H2,(H,25,29)(H,26,28)/t13-,15?,16+,17?/m1/s1. The van der Waals surface area contributed by atoms with E-state index in [9.17, 15) is 27.9 Å². The third kappa shape index (κ3) is 5.95. The number of aliphatic hydroxyl groups excluding tert-OH is 1. The predicted molar refractivity (Wildman–Crippen MR) is 101 cm³/mol. The van der Waals surface area contributed by atoms with Gasteiger partial charge in [0.05, 0.1) is 18.1 Å². The summed E-state index contributed by atoms with van der Waals surface area (Å²) in [6, 6.07) is 5.04. The van der Waals surface area contributed by atoms with Gasteiger partial charge in [0, 0.05) is 18.5 Å². The van der Waals surface area contributed by atoms with Crippen molar-refractivity contribution in [1.82, 2.24) is 10.6 Å². The number of hydrogen-bond donors (Lipinski definition) is 3. The lowest BCUT2D eigenvalue weighted by Gasteiger charge is -2.33. The fourth-order valence-corrected chi connectivity index (χ4v) is 4.20. The van der Waals surface area contributed by atoms with Crippen molar-refractivity contribution in [2.45, 2.75) is 63.3 Å². The van der Waals surface area contributed by atoms with Gasteiger partial charge in [0.25, 0.3) is 0 Å². The normalized spacial score (nSPS) is 27.0. The fraction of sp³-hybridized carbons (Fsp3) is 0.619. The van der Waals surface area contributed by atoms with Gasteiger partial charge in [-0.25, -0.2) is 0 Å². The highest BCUT2D eigenvalue weighted by molar-refractivity contribution is 5.80. The van der Waals surface area contributed by atoms with Crippen LogP contribution in [-0.2, 0) is 22.2 Å². The van der Waals surface area contributed by atoms with Gasteiger partial charge in [-0.05, 0) is 49.7 Å². The van der Waals surface area contributed by atoms with E-state index in [2.05, 4.69) is 10.6 Å². The molecule has 1 aromatic carbocycles. The Hall–Kier alpha value is -2.09. The molecular weight excluding hydrogens is 385 g/mol. The lowest BCUT2D eigenvalue weighted by atomic mass is 9.81. The first-order valence-corrected chi connectivity index (χ1v) is 10.1. The van der Waals surface area contributed by atoms with Crippen LogP contribution in [-0.4, -0.2) is 35.6 Å². The Balaban J connectivity index is 1.46. The Morgan fingerprint density at radius 2 is 1.83 bits per heavy atom. The lowest BCUT2D eigenvalue weighted by molar-refractivity contribution is -0.138. The van der Waals surface area contributed by atoms with Gasteiger partial charge >= 0.3 is 6.18 Å². The minimum absolute atomic E-state index is 0.0280. The van der Waals surface area contributed by atoms with Gasteiger partial charge in [0.2, 0.25) is 11.8 Å². The Morgan fingerprint density at radius 1 is 1.10 bits per heavy atom. The second-order valence-corrected chi connectivity index (χ2v) is 8.20. The summed E-state index contributed by atoms with van der Waals surface area (Å²) < 4.78 is 39.3. The third-order valence-corrected chi connectivity index (χ3v) is 5.87. The van der Waals surface area contributed by atoms with E-state index < -0.39 is 17.6 Å². The van der Waals surface area contributed by atoms with Crippen LogP contribution in [0.2, 0.25) is 0 Å². The minimum Gasteiger partial charge on any atom is -0.393 e. The molecule has 5 nitrogen and oxygen atoms in total. The molecule has 2 fully saturated rings. The van der Waals surface area contributed by atoms with Crippen LogP contribution in [0.15, 0.2) is 24.3 Å². The van der Waals surface area contributed by atoms with Crippen molar-refractivity contribution in [3.05, 3.63) is 35.4 Å². The largest absolute Gasteiger partial charge is 0.416 e. The third-order valence-electron chi connectivity index (χ3n) is 5.87. The van der Waals surface area contributed by atoms with Gasteiger partial charge in [-0.2, -0.15) is 13.2 Å². The van der Waals surface area contributed by atoms with Gasteiger partial charge < -0.3 is 15.7 Å². The molecule has 0 heterocycles. The van der Waals surface area contributed by atoms with Crippen LogP contribution < -0.4 is 10.6 Å². The molecule has 2 atom stereocenters. The molecule has 2 aliphatic carbocycles. The highest BCUT2D eigenvalue weighted by Gasteiger charge is 2.34. The van der Waals surface area contributed by atoms with Crippen molar-refractivity contribution in [3.8, 4) is 0 Å². The zero-order valence-corrected chi connectivity index (χ0v) is 16.2. The van der Waals surface area contributed by atoms with E-state index in [1.165, 1.54) is 18.2 Å². The molecule has 8 heteroatoms. The first-order chi connectivity index (χ1) is 13.7. The summed E-state index contributed by atoms with van der Waals surface area (Å²) in [5.41, 5.74) is -0.805. The number of benzene rings is 1. The number of nitrogens with one attached hydrogen (secondary N) is 2. The van der Waals surface area contributed by atoms with Gasteiger partial charge in [0.1, 0.15) is 0 Å². The molecule has 29 heavy (non-hydrogen) atoms. The van der Waals surface area contributed by atoms with E-state index in [4.69, 9.17) is 0 Å². The molecule has 1 aromatic rings. The Bertz CT molecular complexity index is 732. The highest BCUT2D eigenvalue weighted by Crippen LogP contribution is 2.32. The minimum atomic E-state index is -4.48. The number of carbonyl (C=O) groups excluding carboxylic acids is 2. The number of carbonyl (C=O) groups is 2. The number of rotatable bonds is 6. The van der Waals surface area contributed by atoms with E-state index in [1.54, 1.807) is 0 Å². The first-order valence-electron chi connectivity index (χ1n) is 10.1. The molecule has 3 rings (SSSR count). The lowest BCUT2D eigenvalue weighted by Crippen LogP contribution is -2.45. The molecule has 0 bridgehead atoms. The van der Waals surface area contributed by atoms with Crippen LogP contribution in [0.25, 0.3) is 0 Å². The second-order valence-electron chi connectivity index (χ2n) is 8.20. The summed E-state index contributed by atoms with van der Waals surface area (Å²) in [5.74, 6) is -0.340. The molecular formula is C21H27F3N2O3. The maximum absolute atomic E-state index is 13.1. The first kappa shape index (κ1) is 21.6. The summed E-state index contributed by atoms with van der Waals surface area (Å²) in [7, 11) is 0. The van der Waals surface area contributed by atoms with Crippen LogP contribution in [0.4, 0.5) is 13.2 Å². The summed E-state index contributed by atoms with van der Waals surface area (Å²) in [6.45, 7) is 0.523. The second kappa shape index (κ2) is 9.15. The van der Waals surface area contributed by atoms with E-state index in [-0.39, 0.29) is 41.9 Å². The van der Waals surface area contributed by atoms with E-state index >= 15 is 0 Å². The van der Waals surface area contributed by atoms with Crippen molar-refractivity contribution >= 4 is 11.8 Å². The summed E-state index contributed by atoms with van der Waals surface area (Å²) in [5, 5.41) is 15.1. The van der Waals surface area contributed by atoms with Crippen LogP contribution in [0.3, 0.4) is 0 Å². The topological polar surface area (TPSA) is 78.4 Å². The Morgan fingerprint density at radius 3 is 2.52 bits per heavy atom. The fourth-order valence-electron chi connectivity index (χ4n) is 4.20. The molecule has 0 spiro atoms. The van der Waals surface area contributed by atoms with E-state index in [0.29, 0.717) is 25.8 Å². The van der Waals surface area contributed by atoms with Crippen LogP contribution in [0, 0.1) is 11.8 Å². The van der Waals surface area contributed by atoms with Gasteiger partial charge in [0.15, 0.2) is 0 Å². The van der Waals surface area contributed by atoms with Crippen LogP contribution in [0.1, 0.15) is 49.7 Å². The van der Waals surface area contributed by atoms with Gasteiger partial charge in [-0.3, -0.25) is 9.59 Å². The van der Waals surface area contributed by atoms with Crippen molar-refractivity contribution in [1.29, 1.82) is 0 Å². The number of aliphatic hydroxyl groups is 1. The number of halogens is 3. The molecule has 0 unspecified atom stereocenters. The molecule has 0 aliphatic heterocycles. The average Bonchev–Trinajstić information content (AvgIpc) is 2.63. The number of hydrogen-bond acceptors (Lipinski definition) is 3. The highest BCUT2D eigenvalue weighted by atomic mass is 19.4. The molecule has 160 valence electrons. The molecule has 2 amide bonds. The zero-order chi connectivity index (χ0) is 21.0. The molecule has 0 saturated heterocycles. The maximum Gasteiger partial charge on any atom is 0.416 e. The van der Waals surface area contributed by atoms with Crippen LogP contribution >= 0.6 is 0 Å². The predicted octanol–water partition coefficient (Wildman–Crippen LogP) is 2.81. The van der Waals surface area contributed by atoms with Crippen molar-refractivity contribution < 1.29 is 27.9 Å². The monoisotopic (exact) mass is 412 g/mol. The van der Waals surface area contributed by atoms with E-state index in [0.717, 1.165) is 25.3 Å². The molecule has 2 saturated carbocycles. The van der Waals surface area contributed by atoms with Gasteiger partial charge in [-0.1, -0.05) is 24.6 Å². The van der Waals surface area contributed by atoms with Gasteiger partial charge in [-0.15, -0.1) is 0 Å². The molecule has 0 radical (unpaired) electrons. The Labute approximate surface area is 168 Å². The number of amides is 2. The quantitative estimate of drug-likeness (QED) is 0.672. The molecule has 0 aromatic heterocycles. The average molecular weight is 412 g/mol. The zero-order valence-electron chi connectivity index (χ0n) is 16.2. The van der Waals surface area contributed by atoms with Crippen molar-refractivity contribution in [2.24, 2.45) is 11.8 Å². The molecule has 2 aliphatic rings. The maximum atomic E-state index is 13.1. The summed E-state index contributed by atoms with van der Waals surface area (Å²) >= 11 is 0. The number of alkyl halides is 3. The Kier molecular flexibility index (Phi) is 6.82. The SMILES string of the molecule is O=C(Cc1ccccc1C(F)(F)F)N[C@H]1CCC[C@@H](CNC(=O)C2CC(O)C2)C1. The summed E-state index contributed by atoms with van der Waals surface area (Å²) in [4.78, 5) is 24.3. The molecule has 3 N–H and O–H groups in total. The van der Waals surface area contributed by atoms with Crippen molar-refractivity contribution in [2.75, 3.05) is 6.54 Å². The van der Waals surface area contributed by atoms with Crippen molar-refractivity contribution in [3.63, 3.8) is 0 Å². The van der Waals surface area contributed by atoms with E-state index in [1.807, 2.05) is 0 Å². The van der Waals surface area contributed by atoms with Crippen LogP contribution in [0.5, 0.6) is 0 Å². The summed E-state index contributed by atoms with van der Waals surface area (Å²) in [6.07, 6.45) is -0.833.